The van der Waals surface area contributed by atoms with Crippen molar-refractivity contribution < 1.29 is 0 Å². The zero-order valence-electron chi connectivity index (χ0n) is 77.7. The molecule has 3 aliphatic rings. The molecule has 3 saturated carbocycles. The zero-order valence-corrected chi connectivity index (χ0v) is 77.7. The van der Waals surface area contributed by atoms with Gasteiger partial charge in [0, 0.05) is 115 Å². The third kappa shape index (κ3) is 13.5. The first-order valence-corrected chi connectivity index (χ1v) is 49.6. The fourth-order valence-electron chi connectivity index (χ4n) is 24.7. The fourth-order valence-corrected chi connectivity index (χ4v) is 24.7. The van der Waals surface area contributed by atoms with Crippen molar-refractivity contribution >= 4 is 153 Å². The molecule has 666 valence electrons. The Hall–Kier alpha value is -17.8. The SMILES string of the molecule is c1cc(-c2cccc(-n3c4ccccc4c4ccccc43)c2)cc(-c2cccc(-n3c4ccccc4c4ccccc43)c2)c1.c1ccc2c(c1)c1ccccc1n2-c1ccc(-c2cc(-n3c4ccccc4c4ccccc43)cc(-n3c4ccccc4c4ccccc43)c2)cc1.c1ccc2c(c1)c1ccccc1n2-c1ccc(C2CC3CCC2CC3c2ccc(-n3c4ccccc4c4ccccc43)cc2)cc1. The molecule has 2 bridgehead atoms. The first-order chi connectivity index (χ1) is 70.0. The number of benzene rings is 21. The molecule has 7 nitrogen and oxygen atoms in total. The maximum Gasteiger partial charge on any atom is 0.0541 e. The Morgan fingerprint density at radius 1 is 0.128 bits per heavy atom. The second kappa shape index (κ2) is 33.6. The normalized spacial score (nSPS) is 14.8. The molecule has 0 N–H and O–H groups in total. The van der Waals surface area contributed by atoms with Crippen LogP contribution >= 0.6 is 0 Å². The van der Waals surface area contributed by atoms with Gasteiger partial charge in [-0.3, -0.25) is 0 Å². The number of rotatable bonds is 12. The minimum atomic E-state index is 0.666. The first kappa shape index (κ1) is 81.6. The zero-order chi connectivity index (χ0) is 92.7. The molecular weight excluding hydrogens is 1710 g/mol. The van der Waals surface area contributed by atoms with Crippen molar-refractivity contribution in [1.82, 2.24) is 32.0 Å². The van der Waals surface area contributed by atoms with E-state index in [0.717, 1.165) is 28.9 Å². The van der Waals surface area contributed by atoms with Gasteiger partial charge in [0.05, 0.1) is 77.2 Å². The fraction of sp³-hybridized carbons (Fsp3) is 0.0597. The van der Waals surface area contributed by atoms with Crippen molar-refractivity contribution in [3.8, 4) is 73.2 Å². The standard InChI is InChI=1S/C48H31N3.C44H36N2.C42H28N2/c1-7-19-43-37(13-1)38-14-2-8-20-44(38)49(43)34-27-25-32(26-28-34)33-29-35(50-45-21-9-3-15-39(45)40-16-4-10-22-46(40)50)31-36(30-33)51-47-23-11-5-17-41(47)42-18-6-12-24-48(42)51;1-5-13-41-35(9-1)36-10-2-6-14-42(36)45(41)33-23-19-29(20-24-33)39-27-32-18-17-31(39)28-40(32)30-21-25-34(26-22-30)46-43-15-7-3-11-37(43)38-12-4-8-16-44(38)46;1-5-22-39-35(18-1)36-19-2-6-23-40(36)43(39)33-16-10-14-31(27-33)29-12-9-13-30(26-29)32-15-11-17-34(28-32)44-41-24-7-3-20-37(41)38-21-4-8-25-42(38)44/h1-31H;1-16,19-26,31-32,39-40H,17-18,27-28H2;1-28H. The summed E-state index contributed by atoms with van der Waals surface area (Å²) in [6.45, 7) is 0. The number of nitrogens with zero attached hydrogens (tertiary/aromatic N) is 7. The summed E-state index contributed by atoms with van der Waals surface area (Å²) in [5.74, 6) is 2.84. The van der Waals surface area contributed by atoms with Crippen LogP contribution in [0.4, 0.5) is 0 Å². The van der Waals surface area contributed by atoms with Gasteiger partial charge in [-0.25, -0.2) is 0 Å². The van der Waals surface area contributed by atoms with E-state index in [1.165, 1.54) is 246 Å². The minimum Gasteiger partial charge on any atom is -0.309 e. The number of hydrogen-bond donors (Lipinski definition) is 0. The molecule has 0 radical (unpaired) electrons. The summed E-state index contributed by atoms with van der Waals surface area (Å²) in [6.07, 6.45) is 5.33. The quantitative estimate of drug-likeness (QED) is 0.117. The maximum absolute atomic E-state index is 2.43. The van der Waals surface area contributed by atoms with Gasteiger partial charge < -0.3 is 32.0 Å². The van der Waals surface area contributed by atoms with Crippen LogP contribution in [0.2, 0.25) is 0 Å². The first-order valence-electron chi connectivity index (χ1n) is 49.6. The monoisotopic (exact) mass is 1800 g/mol. The molecule has 0 spiro atoms. The van der Waals surface area contributed by atoms with E-state index in [4.69, 9.17) is 0 Å². The number of aromatic nitrogens is 7. The molecule has 0 saturated heterocycles. The molecule has 3 fully saturated rings. The van der Waals surface area contributed by atoms with E-state index in [-0.39, 0.29) is 0 Å². The molecule has 7 heteroatoms. The van der Waals surface area contributed by atoms with Crippen LogP contribution in [0.5, 0.6) is 0 Å². The van der Waals surface area contributed by atoms with Gasteiger partial charge in [-0.15, -0.1) is 0 Å². The summed E-state index contributed by atoms with van der Waals surface area (Å²) in [4.78, 5) is 0. The highest BCUT2D eigenvalue weighted by atomic mass is 15.0. The highest BCUT2D eigenvalue weighted by molar-refractivity contribution is 6.16. The molecule has 7 aromatic heterocycles. The van der Waals surface area contributed by atoms with Crippen LogP contribution in [0.1, 0.15) is 48.6 Å². The van der Waals surface area contributed by atoms with E-state index in [9.17, 15) is 0 Å². The van der Waals surface area contributed by atoms with Crippen LogP contribution in [0, 0.1) is 11.8 Å². The van der Waals surface area contributed by atoms with Crippen LogP contribution in [0.25, 0.3) is 226 Å². The summed E-state index contributed by atoms with van der Waals surface area (Å²) < 4.78 is 16.9. The molecule has 4 atom stereocenters. The third-order valence-electron chi connectivity index (χ3n) is 31.0. The molecular formula is C134H95N7. The van der Waals surface area contributed by atoms with E-state index >= 15 is 0 Å². The highest BCUT2D eigenvalue weighted by Gasteiger charge is 2.43. The van der Waals surface area contributed by atoms with Crippen LogP contribution < -0.4 is 0 Å². The van der Waals surface area contributed by atoms with E-state index in [1.807, 2.05) is 0 Å². The highest BCUT2D eigenvalue weighted by Crippen LogP contribution is 2.56. The Morgan fingerprint density at radius 3 is 0.539 bits per heavy atom. The molecule has 141 heavy (non-hydrogen) atoms. The number of fused-ring (bicyclic) bond motifs is 24. The number of hydrogen-bond acceptors (Lipinski definition) is 0. The topological polar surface area (TPSA) is 34.5 Å². The summed E-state index contributed by atoms with van der Waals surface area (Å²) in [5, 5.41) is 18.0. The Balaban J connectivity index is 0.000000104. The van der Waals surface area contributed by atoms with Crippen molar-refractivity contribution in [3.05, 3.63) is 515 Å². The average molecular weight is 1800 g/mol. The smallest absolute Gasteiger partial charge is 0.0541 e. The van der Waals surface area contributed by atoms with Gasteiger partial charge >= 0.3 is 0 Å². The van der Waals surface area contributed by atoms with Crippen molar-refractivity contribution in [3.63, 3.8) is 0 Å². The second-order valence-electron chi connectivity index (χ2n) is 38.5. The van der Waals surface area contributed by atoms with Crippen molar-refractivity contribution in [1.29, 1.82) is 0 Å². The molecule has 3 aliphatic carbocycles. The van der Waals surface area contributed by atoms with Crippen LogP contribution in [-0.2, 0) is 0 Å². The molecule has 28 aromatic rings. The molecule has 0 aliphatic heterocycles. The van der Waals surface area contributed by atoms with Crippen LogP contribution in [-0.4, -0.2) is 32.0 Å². The maximum atomic E-state index is 2.43. The second-order valence-corrected chi connectivity index (χ2v) is 38.5. The van der Waals surface area contributed by atoms with Gasteiger partial charge in [0.2, 0.25) is 0 Å². The summed E-state index contributed by atoms with van der Waals surface area (Å²) in [7, 11) is 0. The van der Waals surface area contributed by atoms with E-state index in [0.29, 0.717) is 11.8 Å². The van der Waals surface area contributed by atoms with Gasteiger partial charge in [0.1, 0.15) is 0 Å². The van der Waals surface area contributed by atoms with Crippen LogP contribution in [0.15, 0.2) is 504 Å². The molecule has 0 amide bonds. The molecule has 31 rings (SSSR count). The van der Waals surface area contributed by atoms with E-state index < -0.39 is 0 Å². The van der Waals surface area contributed by atoms with E-state index in [2.05, 4.69) is 535 Å². The summed E-state index contributed by atoms with van der Waals surface area (Å²) in [6, 6.07) is 184. The van der Waals surface area contributed by atoms with Gasteiger partial charge in [-0.2, -0.15) is 0 Å². The van der Waals surface area contributed by atoms with Crippen molar-refractivity contribution in [2.45, 2.75) is 37.5 Å². The number of para-hydroxylation sites is 14. The average Bonchev–Trinajstić information content (AvgIpc) is 1.60. The third-order valence-corrected chi connectivity index (χ3v) is 31.0. The summed E-state index contributed by atoms with van der Waals surface area (Å²) in [5.41, 5.74) is 35.7. The van der Waals surface area contributed by atoms with Gasteiger partial charge in [0.25, 0.3) is 0 Å². The van der Waals surface area contributed by atoms with Gasteiger partial charge in [0.15, 0.2) is 0 Å². The van der Waals surface area contributed by atoms with Crippen molar-refractivity contribution in [2.24, 2.45) is 11.8 Å². The Bertz CT molecular complexity index is 8960. The summed E-state index contributed by atoms with van der Waals surface area (Å²) >= 11 is 0. The lowest BCUT2D eigenvalue weighted by atomic mass is 9.57. The Kier molecular flexibility index (Phi) is 19.4. The molecule has 7 heterocycles. The lowest BCUT2D eigenvalue weighted by molar-refractivity contribution is 0.117. The minimum absolute atomic E-state index is 0.666. The predicted octanol–water partition coefficient (Wildman–Crippen LogP) is 35.4. The molecule has 21 aromatic carbocycles. The largest absolute Gasteiger partial charge is 0.309 e. The molecule has 4 unspecified atom stereocenters. The van der Waals surface area contributed by atoms with Crippen LogP contribution in [0.3, 0.4) is 0 Å². The van der Waals surface area contributed by atoms with Crippen molar-refractivity contribution in [2.75, 3.05) is 0 Å². The van der Waals surface area contributed by atoms with Gasteiger partial charge in [-0.1, -0.05) is 334 Å². The lowest BCUT2D eigenvalue weighted by Gasteiger charge is -2.48. The Morgan fingerprint density at radius 2 is 0.312 bits per heavy atom. The Labute approximate surface area is 816 Å². The lowest BCUT2D eigenvalue weighted by Crippen LogP contribution is -2.35. The predicted molar refractivity (Wildman–Crippen MR) is 593 cm³/mol. The van der Waals surface area contributed by atoms with Gasteiger partial charge in [-0.05, 0) is 264 Å². The van der Waals surface area contributed by atoms with E-state index in [1.54, 1.807) is 0 Å².